The van der Waals surface area contributed by atoms with Gasteiger partial charge in [0, 0.05) is 23.4 Å². The summed E-state index contributed by atoms with van der Waals surface area (Å²) in [6.07, 6.45) is 3.74. The van der Waals surface area contributed by atoms with Crippen LogP contribution < -0.4 is 5.32 Å². The van der Waals surface area contributed by atoms with Gasteiger partial charge in [-0.3, -0.25) is 0 Å². The summed E-state index contributed by atoms with van der Waals surface area (Å²) in [5.74, 6) is 0.965. The zero-order chi connectivity index (χ0) is 13.1. The van der Waals surface area contributed by atoms with Crippen molar-refractivity contribution in [1.82, 2.24) is 9.55 Å². The largest absolute Gasteiger partial charge is 0.377 e. The summed E-state index contributed by atoms with van der Waals surface area (Å²) in [5.41, 5.74) is 0.801. The molecule has 0 aliphatic rings. The van der Waals surface area contributed by atoms with E-state index in [-0.39, 0.29) is 0 Å². The highest BCUT2D eigenvalue weighted by Crippen LogP contribution is 2.35. The molecule has 2 aromatic rings. The number of benzene rings is 1. The van der Waals surface area contributed by atoms with Crippen molar-refractivity contribution in [1.29, 1.82) is 0 Å². The van der Waals surface area contributed by atoms with Gasteiger partial charge in [-0.1, -0.05) is 23.2 Å². The summed E-state index contributed by atoms with van der Waals surface area (Å²) < 4.78 is 2.86. The van der Waals surface area contributed by atoms with E-state index in [1.165, 1.54) is 0 Å². The predicted molar refractivity (Wildman–Crippen MR) is 79.4 cm³/mol. The Balaban J connectivity index is 2.14. The molecule has 1 aromatic heterocycles. The molecule has 0 saturated carbocycles. The molecule has 0 amide bonds. The number of nitrogens with zero attached hydrogens (tertiary/aromatic N) is 2. The molecule has 1 aromatic carbocycles. The van der Waals surface area contributed by atoms with E-state index in [0.29, 0.717) is 16.6 Å². The molecule has 18 heavy (non-hydrogen) atoms. The molecule has 0 aliphatic heterocycles. The van der Waals surface area contributed by atoms with E-state index in [1.54, 1.807) is 6.20 Å². The van der Waals surface area contributed by atoms with Gasteiger partial charge in [-0.2, -0.15) is 0 Å². The summed E-state index contributed by atoms with van der Waals surface area (Å²) in [7, 11) is 0. The third-order valence-corrected chi connectivity index (χ3v) is 4.39. The molecule has 0 aliphatic carbocycles. The SMILES string of the molecule is CCn1ccnc1CNc1ccc(Br)c(Cl)c1Cl. The van der Waals surface area contributed by atoms with Crippen LogP contribution in [0, 0.1) is 0 Å². The lowest BCUT2D eigenvalue weighted by molar-refractivity contribution is 0.708. The van der Waals surface area contributed by atoms with Crippen LogP contribution in [0.25, 0.3) is 0 Å². The summed E-state index contributed by atoms with van der Waals surface area (Å²) >= 11 is 15.6. The highest BCUT2D eigenvalue weighted by Gasteiger charge is 2.09. The van der Waals surface area contributed by atoms with Crippen molar-refractivity contribution in [2.75, 3.05) is 5.32 Å². The van der Waals surface area contributed by atoms with Gasteiger partial charge in [-0.25, -0.2) is 4.98 Å². The minimum absolute atomic E-state index is 0.514. The Morgan fingerprint density at radius 3 is 2.83 bits per heavy atom. The molecular formula is C12H12BrCl2N3. The number of hydrogen-bond donors (Lipinski definition) is 1. The molecule has 0 spiro atoms. The number of nitrogens with one attached hydrogen (secondary N) is 1. The predicted octanol–water partition coefficient (Wildman–Crippen LogP) is 4.58. The van der Waals surface area contributed by atoms with Crippen LogP contribution in [-0.2, 0) is 13.1 Å². The van der Waals surface area contributed by atoms with E-state index in [4.69, 9.17) is 23.2 Å². The number of imidazole rings is 1. The summed E-state index contributed by atoms with van der Waals surface area (Å²) in [6, 6.07) is 3.75. The fourth-order valence-corrected chi connectivity index (χ4v) is 2.47. The molecule has 0 fully saturated rings. The molecule has 0 atom stereocenters. The molecular weight excluding hydrogens is 337 g/mol. The van der Waals surface area contributed by atoms with E-state index < -0.39 is 0 Å². The van der Waals surface area contributed by atoms with Crippen molar-refractivity contribution in [2.45, 2.75) is 20.0 Å². The molecule has 96 valence electrons. The van der Waals surface area contributed by atoms with Gasteiger partial charge in [0.1, 0.15) is 5.82 Å². The highest BCUT2D eigenvalue weighted by atomic mass is 79.9. The Bertz CT molecular complexity index is 554. The third-order valence-electron chi connectivity index (χ3n) is 2.61. The molecule has 6 heteroatoms. The van der Waals surface area contributed by atoms with Crippen molar-refractivity contribution < 1.29 is 0 Å². The molecule has 2 rings (SSSR count). The van der Waals surface area contributed by atoms with E-state index in [1.807, 2.05) is 18.3 Å². The van der Waals surface area contributed by atoms with Gasteiger partial charge < -0.3 is 9.88 Å². The number of aromatic nitrogens is 2. The summed E-state index contributed by atoms with van der Waals surface area (Å²) in [5, 5.41) is 4.27. The molecule has 0 radical (unpaired) electrons. The Morgan fingerprint density at radius 2 is 2.11 bits per heavy atom. The average molecular weight is 349 g/mol. The van der Waals surface area contributed by atoms with Crippen molar-refractivity contribution in [3.63, 3.8) is 0 Å². The first-order valence-electron chi connectivity index (χ1n) is 5.51. The van der Waals surface area contributed by atoms with Gasteiger partial charge in [0.15, 0.2) is 0 Å². The van der Waals surface area contributed by atoms with Gasteiger partial charge in [-0.15, -0.1) is 0 Å². The summed E-state index contributed by atoms with van der Waals surface area (Å²) in [4.78, 5) is 4.29. The number of halogens is 3. The number of anilines is 1. The van der Waals surface area contributed by atoms with E-state index >= 15 is 0 Å². The van der Waals surface area contributed by atoms with Gasteiger partial charge in [0.05, 0.1) is 22.3 Å². The smallest absolute Gasteiger partial charge is 0.128 e. The maximum absolute atomic E-state index is 6.16. The van der Waals surface area contributed by atoms with Crippen molar-refractivity contribution in [3.05, 3.63) is 44.9 Å². The number of rotatable bonds is 4. The van der Waals surface area contributed by atoms with E-state index in [9.17, 15) is 0 Å². The van der Waals surface area contributed by atoms with Crippen molar-refractivity contribution in [3.8, 4) is 0 Å². The quantitative estimate of drug-likeness (QED) is 0.819. The number of hydrogen-bond acceptors (Lipinski definition) is 2. The van der Waals surface area contributed by atoms with Gasteiger partial charge in [0.25, 0.3) is 0 Å². The first kappa shape index (κ1) is 13.7. The van der Waals surface area contributed by atoms with Crippen molar-refractivity contribution >= 4 is 44.8 Å². The van der Waals surface area contributed by atoms with Crippen LogP contribution in [-0.4, -0.2) is 9.55 Å². The van der Waals surface area contributed by atoms with Crippen LogP contribution in [0.2, 0.25) is 10.0 Å². The first-order chi connectivity index (χ1) is 8.63. The van der Waals surface area contributed by atoms with Crippen LogP contribution in [0.5, 0.6) is 0 Å². The molecule has 0 saturated heterocycles. The maximum atomic E-state index is 6.16. The maximum Gasteiger partial charge on any atom is 0.128 e. The second-order valence-corrected chi connectivity index (χ2v) is 5.32. The minimum atomic E-state index is 0.514. The van der Waals surface area contributed by atoms with Gasteiger partial charge >= 0.3 is 0 Å². The van der Waals surface area contributed by atoms with Crippen LogP contribution in [0.15, 0.2) is 29.0 Å². The molecule has 0 bridgehead atoms. The van der Waals surface area contributed by atoms with Crippen LogP contribution in [0.3, 0.4) is 0 Å². The van der Waals surface area contributed by atoms with E-state index in [2.05, 4.69) is 37.7 Å². The zero-order valence-corrected chi connectivity index (χ0v) is 12.8. The summed E-state index contributed by atoms with van der Waals surface area (Å²) in [6.45, 7) is 3.58. The molecule has 1 N–H and O–H groups in total. The lowest BCUT2D eigenvalue weighted by atomic mass is 10.3. The second kappa shape index (κ2) is 5.95. The molecule has 0 unspecified atom stereocenters. The van der Waals surface area contributed by atoms with E-state index in [0.717, 1.165) is 22.5 Å². The second-order valence-electron chi connectivity index (χ2n) is 3.71. The highest BCUT2D eigenvalue weighted by molar-refractivity contribution is 9.10. The Labute approximate surface area is 124 Å². The lowest BCUT2D eigenvalue weighted by Crippen LogP contribution is -2.07. The first-order valence-corrected chi connectivity index (χ1v) is 7.05. The third kappa shape index (κ3) is 2.82. The average Bonchev–Trinajstić information content (AvgIpc) is 2.82. The van der Waals surface area contributed by atoms with Gasteiger partial charge in [0.2, 0.25) is 0 Å². The van der Waals surface area contributed by atoms with Crippen molar-refractivity contribution in [2.24, 2.45) is 0 Å². The zero-order valence-electron chi connectivity index (χ0n) is 9.75. The van der Waals surface area contributed by atoms with Gasteiger partial charge in [-0.05, 0) is 35.0 Å². The number of aryl methyl sites for hydroxylation is 1. The molecule has 1 heterocycles. The normalized spacial score (nSPS) is 10.7. The minimum Gasteiger partial charge on any atom is -0.377 e. The lowest BCUT2D eigenvalue weighted by Gasteiger charge is -2.11. The van der Waals surface area contributed by atoms with Crippen LogP contribution in [0.4, 0.5) is 5.69 Å². The fourth-order valence-electron chi connectivity index (χ4n) is 1.63. The Hall–Kier alpha value is -0.710. The fraction of sp³-hybridized carbons (Fsp3) is 0.250. The standard InChI is InChI=1S/C12H12BrCl2N3/c1-2-18-6-5-16-10(18)7-17-9-4-3-8(13)11(14)12(9)15/h3-6,17H,2,7H2,1H3. The van der Waals surface area contributed by atoms with Crippen LogP contribution in [0.1, 0.15) is 12.7 Å². The van der Waals surface area contributed by atoms with Crippen LogP contribution >= 0.6 is 39.1 Å². The Morgan fingerprint density at radius 1 is 1.33 bits per heavy atom. The molecule has 3 nitrogen and oxygen atoms in total. The monoisotopic (exact) mass is 347 g/mol. The Kier molecular flexibility index (Phi) is 4.54. The topological polar surface area (TPSA) is 29.9 Å².